The van der Waals surface area contributed by atoms with Gasteiger partial charge < -0.3 is 20.7 Å². The highest BCUT2D eigenvalue weighted by molar-refractivity contribution is 6.25. The van der Waals surface area contributed by atoms with Gasteiger partial charge in [-0.2, -0.15) is 0 Å². The van der Waals surface area contributed by atoms with Gasteiger partial charge >= 0.3 is 12.0 Å². The van der Waals surface area contributed by atoms with Crippen LogP contribution in [0, 0.1) is 0 Å². The van der Waals surface area contributed by atoms with E-state index in [9.17, 15) is 19.2 Å². The van der Waals surface area contributed by atoms with Gasteiger partial charge in [-0.25, -0.2) is 14.6 Å². The minimum atomic E-state index is -1.30. The lowest BCUT2D eigenvalue weighted by Gasteiger charge is -2.22. The van der Waals surface area contributed by atoms with Gasteiger partial charge in [-0.1, -0.05) is 42.5 Å². The largest absolute Gasteiger partial charge is 0.462 e. The molecule has 35 heavy (non-hydrogen) atoms. The van der Waals surface area contributed by atoms with Crippen molar-refractivity contribution < 1.29 is 23.9 Å². The molecular weight excluding hydrogens is 450 g/mol. The molecule has 180 valence electrons. The molecule has 1 atom stereocenters. The molecule has 10 nitrogen and oxygen atoms in total. The average molecular weight is 476 g/mol. The number of benzene rings is 2. The maximum absolute atomic E-state index is 13.1. The molecule has 2 aliphatic rings. The Morgan fingerprint density at radius 3 is 2.49 bits per heavy atom. The fraction of sp³-hybridized carbons (Fsp3) is 0.240. The summed E-state index contributed by atoms with van der Waals surface area (Å²) in [5, 5.41) is 8.37. The first-order valence-corrected chi connectivity index (χ1v) is 11.1. The molecule has 2 aliphatic heterocycles. The zero-order valence-electron chi connectivity index (χ0n) is 19.5. The number of nitrogens with zero attached hydrogens (tertiary/aromatic N) is 2. The lowest BCUT2D eigenvalue weighted by Crippen LogP contribution is -2.45. The second-order valence-corrected chi connectivity index (χ2v) is 8.18. The highest BCUT2D eigenvalue weighted by atomic mass is 16.5. The summed E-state index contributed by atoms with van der Waals surface area (Å²) < 4.78 is 5.16. The maximum atomic E-state index is 13.1. The Hall–Kier alpha value is -4.47. The molecule has 0 radical (unpaired) electrons. The van der Waals surface area contributed by atoms with E-state index in [4.69, 9.17) is 4.74 Å². The van der Waals surface area contributed by atoms with Crippen molar-refractivity contribution in [3.63, 3.8) is 0 Å². The van der Waals surface area contributed by atoms with Crippen LogP contribution < -0.4 is 16.0 Å². The minimum Gasteiger partial charge on any atom is -0.462 e. The number of ether oxygens (including phenoxy) is 1. The van der Waals surface area contributed by atoms with Crippen molar-refractivity contribution in [1.29, 1.82) is 0 Å². The van der Waals surface area contributed by atoms with E-state index in [0.717, 1.165) is 4.90 Å². The summed E-state index contributed by atoms with van der Waals surface area (Å²) in [6, 6.07) is 15.2. The molecule has 0 bridgehead atoms. The van der Waals surface area contributed by atoms with Gasteiger partial charge in [-0.05, 0) is 38.5 Å². The van der Waals surface area contributed by atoms with Gasteiger partial charge in [-0.3, -0.25) is 14.5 Å². The summed E-state index contributed by atoms with van der Waals surface area (Å²) in [6.07, 6.45) is 0. The van der Waals surface area contributed by atoms with Gasteiger partial charge in [0.15, 0.2) is 0 Å². The summed E-state index contributed by atoms with van der Waals surface area (Å²) in [5.74, 6) is -1.97. The molecule has 0 aromatic heterocycles. The van der Waals surface area contributed by atoms with E-state index < -0.39 is 35.9 Å². The van der Waals surface area contributed by atoms with Crippen molar-refractivity contribution in [2.45, 2.75) is 26.3 Å². The second kappa shape index (κ2) is 9.41. The monoisotopic (exact) mass is 475 g/mol. The standard InChI is InChI=1S/C25H25N5O5/c1-4-35-22(32)20-15(2)26-17-12-8-9-13-18(17)27-21(20)28-19(31)14-30-23(33)25(3,29-24(30)34)16-10-6-5-7-11-16/h5-13,26H,4,14H2,1-3H3,(H,29,34)(H,27,28,31). The third kappa shape index (κ3) is 4.50. The number of fused-ring (bicyclic) bond motifs is 1. The highest BCUT2D eigenvalue weighted by Gasteiger charge is 2.49. The van der Waals surface area contributed by atoms with Crippen molar-refractivity contribution >= 4 is 41.0 Å². The van der Waals surface area contributed by atoms with Crippen LogP contribution in [-0.2, 0) is 24.7 Å². The molecule has 2 aromatic carbocycles. The first kappa shape index (κ1) is 23.7. The van der Waals surface area contributed by atoms with Crippen LogP contribution in [0.3, 0.4) is 0 Å². The molecule has 0 aliphatic carbocycles. The fourth-order valence-corrected chi connectivity index (χ4v) is 3.96. The number of para-hydroxylation sites is 2. The smallest absolute Gasteiger partial charge is 0.343 e. The molecule has 4 amide bonds. The number of carbonyl (C=O) groups is 4. The van der Waals surface area contributed by atoms with E-state index in [1.165, 1.54) is 0 Å². The Morgan fingerprint density at radius 1 is 1.09 bits per heavy atom. The Kier molecular flexibility index (Phi) is 6.37. The number of aliphatic imine (C=N–C) groups is 1. The molecule has 1 unspecified atom stereocenters. The Morgan fingerprint density at radius 2 is 1.77 bits per heavy atom. The summed E-state index contributed by atoms with van der Waals surface area (Å²) in [7, 11) is 0. The van der Waals surface area contributed by atoms with Crippen molar-refractivity contribution in [3.05, 3.63) is 71.4 Å². The SMILES string of the molecule is CCOC(=O)C1=C(C)Nc2ccccc2N=C1NC(=O)CN1C(=O)NC(C)(c2ccccc2)C1=O. The first-order chi connectivity index (χ1) is 16.7. The highest BCUT2D eigenvalue weighted by Crippen LogP contribution is 2.31. The summed E-state index contributed by atoms with van der Waals surface area (Å²) in [6.45, 7) is 4.49. The van der Waals surface area contributed by atoms with Gasteiger partial charge in [-0.15, -0.1) is 0 Å². The van der Waals surface area contributed by atoms with E-state index in [1.807, 2.05) is 6.07 Å². The normalized spacial score (nSPS) is 19.3. The number of hydrogen-bond acceptors (Lipinski definition) is 7. The number of carbonyl (C=O) groups excluding carboxylic acids is 4. The molecular formula is C25H25N5O5. The van der Waals surface area contributed by atoms with Gasteiger partial charge in [0.25, 0.3) is 5.91 Å². The molecule has 1 saturated heterocycles. The van der Waals surface area contributed by atoms with E-state index >= 15 is 0 Å². The number of anilines is 1. The predicted octanol–water partition coefficient (Wildman–Crippen LogP) is 2.56. The number of imide groups is 1. The fourth-order valence-electron chi connectivity index (χ4n) is 3.96. The average Bonchev–Trinajstić information content (AvgIpc) is 2.96. The lowest BCUT2D eigenvalue weighted by molar-refractivity contribution is -0.138. The number of esters is 1. The second-order valence-electron chi connectivity index (χ2n) is 8.18. The quantitative estimate of drug-likeness (QED) is 0.450. The predicted molar refractivity (Wildman–Crippen MR) is 129 cm³/mol. The van der Waals surface area contributed by atoms with Crippen LogP contribution in [-0.4, -0.2) is 47.7 Å². The van der Waals surface area contributed by atoms with E-state index in [-0.39, 0.29) is 18.0 Å². The lowest BCUT2D eigenvalue weighted by atomic mass is 9.92. The molecule has 2 aromatic rings. The number of urea groups is 1. The van der Waals surface area contributed by atoms with Gasteiger partial charge in [0.1, 0.15) is 23.5 Å². The molecule has 0 spiro atoms. The van der Waals surface area contributed by atoms with Crippen LogP contribution in [0.4, 0.5) is 16.2 Å². The molecule has 1 fully saturated rings. The molecule has 2 heterocycles. The van der Waals surface area contributed by atoms with Gasteiger partial charge in [0, 0.05) is 5.70 Å². The third-order valence-electron chi connectivity index (χ3n) is 5.74. The Bertz CT molecular complexity index is 1270. The number of amides is 4. The molecule has 0 saturated carbocycles. The maximum Gasteiger partial charge on any atom is 0.343 e. The van der Waals surface area contributed by atoms with Crippen molar-refractivity contribution in [2.75, 3.05) is 18.5 Å². The Labute approximate surface area is 202 Å². The van der Waals surface area contributed by atoms with Gasteiger partial charge in [0.05, 0.1) is 18.0 Å². The topological polar surface area (TPSA) is 129 Å². The number of amidine groups is 1. The Balaban J connectivity index is 1.60. The summed E-state index contributed by atoms with van der Waals surface area (Å²) in [5.41, 5.74) is 0.910. The van der Waals surface area contributed by atoms with Crippen molar-refractivity contribution in [2.24, 2.45) is 4.99 Å². The van der Waals surface area contributed by atoms with Crippen molar-refractivity contribution in [1.82, 2.24) is 15.5 Å². The van der Waals surface area contributed by atoms with Crippen LogP contribution in [0.15, 0.2) is 70.9 Å². The molecule has 10 heteroatoms. The van der Waals surface area contributed by atoms with Crippen LogP contribution in [0.1, 0.15) is 26.3 Å². The van der Waals surface area contributed by atoms with E-state index in [0.29, 0.717) is 22.6 Å². The first-order valence-electron chi connectivity index (χ1n) is 11.1. The van der Waals surface area contributed by atoms with Crippen LogP contribution in [0.5, 0.6) is 0 Å². The van der Waals surface area contributed by atoms with Crippen molar-refractivity contribution in [3.8, 4) is 0 Å². The number of allylic oxidation sites excluding steroid dienone is 1. The van der Waals surface area contributed by atoms with E-state index in [1.54, 1.807) is 69.3 Å². The summed E-state index contributed by atoms with van der Waals surface area (Å²) in [4.78, 5) is 56.8. The van der Waals surface area contributed by atoms with Crippen LogP contribution in [0.25, 0.3) is 0 Å². The number of rotatable bonds is 5. The zero-order valence-corrected chi connectivity index (χ0v) is 19.5. The van der Waals surface area contributed by atoms with Crippen LogP contribution in [0.2, 0.25) is 0 Å². The van der Waals surface area contributed by atoms with Gasteiger partial charge in [0.2, 0.25) is 5.91 Å². The zero-order chi connectivity index (χ0) is 25.2. The molecule has 3 N–H and O–H groups in total. The number of nitrogens with one attached hydrogen (secondary N) is 3. The van der Waals surface area contributed by atoms with E-state index in [2.05, 4.69) is 20.9 Å². The number of hydrogen-bond donors (Lipinski definition) is 3. The molecule has 4 rings (SSSR count). The van der Waals surface area contributed by atoms with Crippen LogP contribution >= 0.6 is 0 Å². The third-order valence-corrected chi connectivity index (χ3v) is 5.74. The summed E-state index contributed by atoms with van der Waals surface area (Å²) >= 11 is 0. The minimum absolute atomic E-state index is 0.0405.